The second kappa shape index (κ2) is 6.16. The van der Waals surface area contributed by atoms with E-state index in [4.69, 9.17) is 4.42 Å². The van der Waals surface area contributed by atoms with Crippen molar-refractivity contribution in [2.75, 3.05) is 13.1 Å². The van der Waals surface area contributed by atoms with Crippen LogP contribution in [-0.2, 0) is 6.42 Å². The summed E-state index contributed by atoms with van der Waals surface area (Å²) in [5.74, 6) is 0.234. The van der Waals surface area contributed by atoms with Crippen molar-refractivity contribution in [3.05, 3.63) is 72.1 Å². The van der Waals surface area contributed by atoms with Gasteiger partial charge in [-0.3, -0.25) is 4.79 Å². The van der Waals surface area contributed by atoms with Gasteiger partial charge in [-0.1, -0.05) is 55.5 Å². The molecule has 1 aliphatic rings. The molecule has 3 aromatic rings. The van der Waals surface area contributed by atoms with Crippen LogP contribution in [0.2, 0.25) is 0 Å². The smallest absolute Gasteiger partial charge is 0.311 e. The maximum absolute atomic E-state index is 12.5. The van der Waals surface area contributed by atoms with Crippen LogP contribution in [0, 0.1) is 5.41 Å². The second-order valence-corrected chi connectivity index (χ2v) is 6.91. The van der Waals surface area contributed by atoms with E-state index in [1.54, 1.807) is 4.90 Å². The summed E-state index contributed by atoms with van der Waals surface area (Å²) in [6, 6.07) is 19.8. The number of carbonyl (C=O) groups is 1. The summed E-state index contributed by atoms with van der Waals surface area (Å²) in [5, 5.41) is 7.91. The largest absolute Gasteiger partial charge is 0.412 e. The molecule has 4 rings (SSSR count). The minimum absolute atomic E-state index is 0.0561. The lowest BCUT2D eigenvalue weighted by molar-refractivity contribution is 0.0122. The van der Waals surface area contributed by atoms with Crippen LogP contribution >= 0.6 is 0 Å². The van der Waals surface area contributed by atoms with E-state index >= 15 is 0 Å². The summed E-state index contributed by atoms with van der Waals surface area (Å²) in [4.78, 5) is 14.3. The molecule has 2 aromatic carbocycles. The van der Waals surface area contributed by atoms with Gasteiger partial charge in [-0.25, -0.2) is 0 Å². The monoisotopic (exact) mass is 333 g/mol. The number of hydrogen-bond donors (Lipinski definition) is 0. The van der Waals surface area contributed by atoms with E-state index in [1.165, 1.54) is 5.56 Å². The highest BCUT2D eigenvalue weighted by molar-refractivity contribution is 5.90. The summed E-state index contributed by atoms with van der Waals surface area (Å²) in [7, 11) is 0. The molecule has 0 N–H and O–H groups in total. The Hall–Kier alpha value is -2.95. The first kappa shape index (κ1) is 15.6. The van der Waals surface area contributed by atoms with Gasteiger partial charge in [0, 0.05) is 24.1 Å². The minimum atomic E-state index is -0.194. The Bertz CT molecular complexity index is 868. The van der Waals surface area contributed by atoms with Crippen molar-refractivity contribution in [2.45, 2.75) is 13.3 Å². The molecule has 5 heteroatoms. The van der Waals surface area contributed by atoms with Gasteiger partial charge in [0.1, 0.15) is 0 Å². The van der Waals surface area contributed by atoms with E-state index in [1.807, 2.05) is 48.5 Å². The number of amides is 1. The lowest BCUT2D eigenvalue weighted by Crippen LogP contribution is -2.58. The average Bonchev–Trinajstić information content (AvgIpc) is 3.11. The number of rotatable bonds is 4. The molecule has 126 valence electrons. The average molecular weight is 333 g/mol. The van der Waals surface area contributed by atoms with E-state index < -0.39 is 0 Å². The normalized spacial score (nSPS) is 15.6. The Morgan fingerprint density at radius 1 is 1.04 bits per heavy atom. The Labute approximate surface area is 146 Å². The molecule has 1 aromatic heterocycles. The van der Waals surface area contributed by atoms with Crippen molar-refractivity contribution in [3.63, 3.8) is 0 Å². The number of benzene rings is 2. The zero-order valence-electron chi connectivity index (χ0n) is 14.1. The van der Waals surface area contributed by atoms with Gasteiger partial charge in [0.2, 0.25) is 5.89 Å². The standard InChI is InChI=1S/C20H19N3O2/c1-20(12-15-8-4-2-5-9-15)13-23(14-20)19(24)18-22-21-17(25-18)16-10-6-3-7-11-16/h2-11H,12-14H2,1H3. The maximum Gasteiger partial charge on any atom is 0.311 e. The first-order valence-corrected chi connectivity index (χ1v) is 8.35. The van der Waals surface area contributed by atoms with Crippen molar-refractivity contribution >= 4 is 5.91 Å². The zero-order valence-corrected chi connectivity index (χ0v) is 14.1. The predicted octanol–water partition coefficient (Wildman–Crippen LogP) is 3.44. The molecule has 0 aliphatic carbocycles. The highest BCUT2D eigenvalue weighted by Crippen LogP contribution is 2.34. The van der Waals surface area contributed by atoms with Crippen molar-refractivity contribution in [1.82, 2.24) is 15.1 Å². The van der Waals surface area contributed by atoms with Gasteiger partial charge in [0.05, 0.1) is 0 Å². The Balaban J connectivity index is 1.41. The highest BCUT2D eigenvalue weighted by Gasteiger charge is 2.42. The van der Waals surface area contributed by atoms with Crippen molar-refractivity contribution in [2.24, 2.45) is 5.41 Å². The van der Waals surface area contributed by atoms with Crippen LogP contribution in [0.4, 0.5) is 0 Å². The number of carbonyl (C=O) groups excluding carboxylic acids is 1. The van der Waals surface area contributed by atoms with Crippen LogP contribution in [0.1, 0.15) is 23.2 Å². The van der Waals surface area contributed by atoms with Crippen LogP contribution in [0.3, 0.4) is 0 Å². The second-order valence-electron chi connectivity index (χ2n) is 6.91. The number of hydrogen-bond acceptors (Lipinski definition) is 4. The number of nitrogens with zero attached hydrogens (tertiary/aromatic N) is 3. The van der Waals surface area contributed by atoms with E-state index in [2.05, 4.69) is 29.3 Å². The van der Waals surface area contributed by atoms with E-state index in [0.717, 1.165) is 12.0 Å². The maximum atomic E-state index is 12.5. The fraction of sp³-hybridized carbons (Fsp3) is 0.250. The van der Waals surface area contributed by atoms with Crippen LogP contribution in [0.25, 0.3) is 11.5 Å². The molecule has 0 spiro atoms. The molecule has 0 radical (unpaired) electrons. The molecular weight excluding hydrogens is 314 g/mol. The van der Waals surface area contributed by atoms with E-state index in [0.29, 0.717) is 19.0 Å². The summed E-state index contributed by atoms with van der Waals surface area (Å²) < 4.78 is 5.56. The van der Waals surface area contributed by atoms with Gasteiger partial charge in [0.15, 0.2) is 0 Å². The van der Waals surface area contributed by atoms with Crippen molar-refractivity contribution < 1.29 is 9.21 Å². The lowest BCUT2D eigenvalue weighted by Gasteiger charge is -2.47. The molecule has 0 unspecified atom stereocenters. The predicted molar refractivity (Wildman–Crippen MR) is 93.9 cm³/mol. The molecule has 0 bridgehead atoms. The molecule has 25 heavy (non-hydrogen) atoms. The van der Waals surface area contributed by atoms with Gasteiger partial charge in [-0.05, 0) is 24.1 Å². The quantitative estimate of drug-likeness (QED) is 0.734. The molecule has 5 nitrogen and oxygen atoms in total. The fourth-order valence-corrected chi connectivity index (χ4v) is 3.36. The van der Waals surface area contributed by atoms with Crippen LogP contribution in [-0.4, -0.2) is 34.1 Å². The zero-order chi connectivity index (χ0) is 17.3. The van der Waals surface area contributed by atoms with Crippen molar-refractivity contribution in [1.29, 1.82) is 0 Å². The van der Waals surface area contributed by atoms with Gasteiger partial charge in [-0.2, -0.15) is 0 Å². The number of aromatic nitrogens is 2. The first-order valence-electron chi connectivity index (χ1n) is 8.35. The molecule has 0 atom stereocenters. The van der Waals surface area contributed by atoms with E-state index in [-0.39, 0.29) is 17.2 Å². The summed E-state index contributed by atoms with van der Waals surface area (Å²) >= 11 is 0. The summed E-state index contributed by atoms with van der Waals surface area (Å²) in [6.07, 6.45) is 0.955. The Kier molecular flexibility index (Phi) is 3.84. The third-order valence-electron chi connectivity index (χ3n) is 4.53. The topological polar surface area (TPSA) is 59.2 Å². The van der Waals surface area contributed by atoms with Crippen LogP contribution in [0.15, 0.2) is 65.1 Å². The molecule has 1 fully saturated rings. The molecule has 0 saturated carbocycles. The summed E-state index contributed by atoms with van der Waals surface area (Å²) in [6.45, 7) is 3.60. The Morgan fingerprint density at radius 3 is 2.36 bits per heavy atom. The molecule has 1 aliphatic heterocycles. The lowest BCUT2D eigenvalue weighted by atomic mass is 9.76. The third kappa shape index (κ3) is 3.18. The molecule has 1 amide bonds. The highest BCUT2D eigenvalue weighted by atomic mass is 16.4. The first-order chi connectivity index (χ1) is 12.1. The van der Waals surface area contributed by atoms with Gasteiger partial charge < -0.3 is 9.32 Å². The SMILES string of the molecule is CC1(Cc2ccccc2)CN(C(=O)c2nnc(-c3ccccc3)o2)C1. The van der Waals surface area contributed by atoms with Crippen LogP contribution < -0.4 is 0 Å². The minimum Gasteiger partial charge on any atom is -0.412 e. The van der Waals surface area contributed by atoms with Crippen LogP contribution in [0.5, 0.6) is 0 Å². The molecule has 2 heterocycles. The molecular formula is C20H19N3O2. The Morgan fingerprint density at radius 2 is 1.68 bits per heavy atom. The number of likely N-dealkylation sites (tertiary alicyclic amines) is 1. The van der Waals surface area contributed by atoms with Crippen molar-refractivity contribution in [3.8, 4) is 11.5 Å². The van der Waals surface area contributed by atoms with Gasteiger partial charge in [0.25, 0.3) is 0 Å². The van der Waals surface area contributed by atoms with Gasteiger partial charge >= 0.3 is 11.8 Å². The third-order valence-corrected chi connectivity index (χ3v) is 4.53. The summed E-state index contributed by atoms with van der Waals surface area (Å²) in [5.41, 5.74) is 2.20. The van der Waals surface area contributed by atoms with Gasteiger partial charge in [-0.15, -0.1) is 10.2 Å². The molecule has 1 saturated heterocycles. The fourth-order valence-electron chi connectivity index (χ4n) is 3.36. The van der Waals surface area contributed by atoms with E-state index in [9.17, 15) is 4.79 Å².